The topological polar surface area (TPSA) is 55.5 Å². The Hall–Kier alpha value is -1.83. The van der Waals surface area contributed by atoms with E-state index in [1.54, 1.807) is 13.2 Å². The number of halogens is 2. The summed E-state index contributed by atoms with van der Waals surface area (Å²) in [5, 5.41) is 11.7. The fourth-order valence-corrected chi connectivity index (χ4v) is 3.59. The summed E-state index contributed by atoms with van der Waals surface area (Å²) in [6, 6.07) is 3.51. The summed E-state index contributed by atoms with van der Waals surface area (Å²) in [6.07, 6.45) is 1.35. The van der Waals surface area contributed by atoms with Crippen LogP contribution in [0.3, 0.4) is 0 Å². The van der Waals surface area contributed by atoms with Crippen molar-refractivity contribution < 1.29 is 13.5 Å². The molecule has 6 nitrogen and oxygen atoms in total. The Kier molecular flexibility index (Phi) is 4.43. The second-order valence-electron chi connectivity index (χ2n) is 5.98. The molecule has 2 aromatic rings. The van der Waals surface area contributed by atoms with Crippen LogP contribution in [0.25, 0.3) is 5.65 Å². The van der Waals surface area contributed by atoms with Crippen LogP contribution in [0, 0.1) is 0 Å². The lowest BCUT2D eigenvalue weighted by Crippen LogP contribution is -2.48. The fourth-order valence-electron chi connectivity index (χ4n) is 3.59. The van der Waals surface area contributed by atoms with Gasteiger partial charge < -0.3 is 9.64 Å². The molecule has 0 aliphatic carbocycles. The molecule has 0 bridgehead atoms. The smallest absolute Gasteiger partial charge is 0.299 e. The van der Waals surface area contributed by atoms with Crippen LogP contribution in [0.1, 0.15) is 44.9 Å². The van der Waals surface area contributed by atoms with E-state index in [0.29, 0.717) is 18.1 Å². The van der Waals surface area contributed by atoms with Crippen molar-refractivity contribution in [2.75, 3.05) is 25.2 Å². The summed E-state index contributed by atoms with van der Waals surface area (Å²) in [6.45, 7) is 3.58. The quantitative estimate of drug-likeness (QED) is 0.817. The molecule has 1 saturated heterocycles. The van der Waals surface area contributed by atoms with Gasteiger partial charge in [-0.05, 0) is 31.4 Å². The second-order valence-corrected chi connectivity index (χ2v) is 5.98. The Labute approximate surface area is 133 Å². The lowest BCUT2D eigenvalue weighted by molar-refractivity contribution is 0.127. The van der Waals surface area contributed by atoms with Crippen molar-refractivity contribution in [3.8, 4) is 0 Å². The Morgan fingerprint density at radius 2 is 2.17 bits per heavy atom. The zero-order valence-electron chi connectivity index (χ0n) is 13.4. The molecule has 1 aliphatic heterocycles. The maximum Gasteiger partial charge on any atom is 0.299 e. The van der Waals surface area contributed by atoms with Crippen LogP contribution < -0.4 is 4.90 Å². The Morgan fingerprint density at radius 3 is 2.87 bits per heavy atom. The number of hydrogen-bond acceptors (Lipinski definition) is 5. The monoisotopic (exact) mass is 325 g/mol. The average Bonchev–Trinajstić information content (AvgIpc) is 3.11. The molecule has 2 aromatic heterocycles. The van der Waals surface area contributed by atoms with Gasteiger partial charge in [-0.3, -0.25) is 0 Å². The van der Waals surface area contributed by atoms with Gasteiger partial charge in [0.25, 0.3) is 6.43 Å². The van der Waals surface area contributed by atoms with Crippen molar-refractivity contribution >= 4 is 11.5 Å². The largest absolute Gasteiger partial charge is 0.382 e. The van der Waals surface area contributed by atoms with Crippen molar-refractivity contribution in [2.24, 2.45) is 0 Å². The highest BCUT2D eigenvalue weighted by molar-refractivity contribution is 5.49. The van der Waals surface area contributed by atoms with Crippen molar-refractivity contribution in [3.63, 3.8) is 0 Å². The molecular formula is C15H21F2N5O. The molecule has 1 unspecified atom stereocenters. The standard InChI is InChI=1S/C15H21F2N5O/c1-3-7-15(10-23-2)8-4-9-21(15)12-6-5-11-18-19-14(13(16)17)22(11)20-12/h5-6,13H,3-4,7-10H2,1-2H3. The lowest BCUT2D eigenvalue weighted by atomic mass is 9.91. The van der Waals surface area contributed by atoms with Gasteiger partial charge in [-0.2, -0.15) is 4.52 Å². The number of anilines is 1. The number of hydrogen-bond donors (Lipinski definition) is 0. The third-order valence-corrected chi connectivity index (χ3v) is 4.47. The van der Waals surface area contributed by atoms with E-state index in [-0.39, 0.29) is 5.54 Å². The molecule has 0 saturated carbocycles. The second kappa shape index (κ2) is 6.35. The zero-order chi connectivity index (χ0) is 16.4. The Morgan fingerprint density at radius 1 is 1.35 bits per heavy atom. The predicted octanol–water partition coefficient (Wildman–Crippen LogP) is 2.85. The van der Waals surface area contributed by atoms with E-state index >= 15 is 0 Å². The van der Waals surface area contributed by atoms with E-state index in [9.17, 15) is 8.78 Å². The van der Waals surface area contributed by atoms with Crippen LogP contribution >= 0.6 is 0 Å². The van der Waals surface area contributed by atoms with E-state index < -0.39 is 12.2 Å². The maximum atomic E-state index is 13.0. The molecule has 0 N–H and O–H groups in total. The summed E-state index contributed by atoms with van der Waals surface area (Å²) < 4.78 is 32.7. The first-order valence-electron chi connectivity index (χ1n) is 7.88. The van der Waals surface area contributed by atoms with Gasteiger partial charge >= 0.3 is 0 Å². The number of ether oxygens (including phenoxy) is 1. The number of fused-ring (bicyclic) bond motifs is 1. The first-order valence-corrected chi connectivity index (χ1v) is 7.88. The summed E-state index contributed by atoms with van der Waals surface area (Å²) in [7, 11) is 1.69. The normalized spacial score (nSPS) is 21.7. The van der Waals surface area contributed by atoms with Crippen LogP contribution in [0.15, 0.2) is 12.1 Å². The average molecular weight is 325 g/mol. The van der Waals surface area contributed by atoms with E-state index in [0.717, 1.165) is 36.7 Å². The summed E-state index contributed by atoms with van der Waals surface area (Å²) in [5.41, 5.74) is 0.208. The van der Waals surface area contributed by atoms with E-state index in [1.807, 2.05) is 6.07 Å². The van der Waals surface area contributed by atoms with Gasteiger partial charge in [-0.1, -0.05) is 13.3 Å². The molecule has 0 aromatic carbocycles. The van der Waals surface area contributed by atoms with Gasteiger partial charge in [0.2, 0.25) is 5.82 Å². The third-order valence-electron chi connectivity index (χ3n) is 4.47. The van der Waals surface area contributed by atoms with Gasteiger partial charge in [0.05, 0.1) is 12.1 Å². The van der Waals surface area contributed by atoms with E-state index in [2.05, 4.69) is 27.1 Å². The Bertz CT molecular complexity index is 669. The predicted molar refractivity (Wildman–Crippen MR) is 81.8 cm³/mol. The highest BCUT2D eigenvalue weighted by Gasteiger charge is 2.41. The summed E-state index contributed by atoms with van der Waals surface area (Å²) in [5.74, 6) is 0.246. The van der Waals surface area contributed by atoms with E-state index in [4.69, 9.17) is 4.74 Å². The molecule has 126 valence electrons. The van der Waals surface area contributed by atoms with Crippen LogP contribution in [-0.2, 0) is 4.74 Å². The molecule has 1 atom stereocenters. The molecule has 3 heterocycles. The zero-order valence-corrected chi connectivity index (χ0v) is 13.4. The van der Waals surface area contributed by atoms with Gasteiger partial charge in [0.15, 0.2) is 5.65 Å². The molecule has 0 amide bonds. The highest BCUT2D eigenvalue weighted by atomic mass is 19.3. The molecule has 8 heteroatoms. The number of nitrogens with zero attached hydrogens (tertiary/aromatic N) is 5. The fraction of sp³-hybridized carbons (Fsp3) is 0.667. The van der Waals surface area contributed by atoms with Gasteiger partial charge in [0, 0.05) is 13.7 Å². The molecule has 0 radical (unpaired) electrons. The maximum absolute atomic E-state index is 13.0. The minimum atomic E-state index is -2.70. The third kappa shape index (κ3) is 2.75. The van der Waals surface area contributed by atoms with Crippen molar-refractivity contribution in [1.82, 2.24) is 19.8 Å². The molecule has 0 spiro atoms. The van der Waals surface area contributed by atoms with Gasteiger partial charge in [0.1, 0.15) is 5.82 Å². The molecular weight excluding hydrogens is 304 g/mol. The van der Waals surface area contributed by atoms with Crippen molar-refractivity contribution in [2.45, 2.75) is 44.6 Å². The first kappa shape index (κ1) is 16.0. The SMILES string of the molecule is CCCC1(COC)CCCN1c1ccc2nnc(C(F)F)n2n1. The van der Waals surface area contributed by atoms with Crippen LogP contribution in [0.2, 0.25) is 0 Å². The number of aromatic nitrogens is 4. The highest BCUT2D eigenvalue weighted by Crippen LogP contribution is 2.37. The number of rotatable bonds is 6. The minimum absolute atomic E-state index is 0.122. The molecule has 23 heavy (non-hydrogen) atoms. The molecule has 3 rings (SSSR count). The molecule has 1 fully saturated rings. The van der Waals surface area contributed by atoms with Crippen LogP contribution in [0.5, 0.6) is 0 Å². The molecule has 1 aliphatic rings. The number of alkyl halides is 2. The minimum Gasteiger partial charge on any atom is -0.382 e. The summed E-state index contributed by atoms with van der Waals surface area (Å²) in [4.78, 5) is 2.19. The Balaban J connectivity index is 2.02. The van der Waals surface area contributed by atoms with Crippen LogP contribution in [-0.4, -0.2) is 45.6 Å². The first-order chi connectivity index (χ1) is 11.1. The van der Waals surface area contributed by atoms with Gasteiger partial charge in [-0.15, -0.1) is 15.3 Å². The van der Waals surface area contributed by atoms with Crippen LogP contribution in [0.4, 0.5) is 14.6 Å². The number of methoxy groups -OCH3 is 1. The lowest BCUT2D eigenvalue weighted by Gasteiger charge is -2.38. The summed E-state index contributed by atoms with van der Waals surface area (Å²) >= 11 is 0. The van der Waals surface area contributed by atoms with Gasteiger partial charge in [-0.25, -0.2) is 8.78 Å². The van der Waals surface area contributed by atoms with E-state index in [1.165, 1.54) is 0 Å². The van der Waals surface area contributed by atoms with Crippen molar-refractivity contribution in [3.05, 3.63) is 18.0 Å². The van der Waals surface area contributed by atoms with Crippen molar-refractivity contribution in [1.29, 1.82) is 0 Å².